The average Bonchev–Trinajstić information content (AvgIpc) is 2.41. The van der Waals surface area contributed by atoms with Gasteiger partial charge < -0.3 is 10.5 Å². The van der Waals surface area contributed by atoms with Gasteiger partial charge >= 0.3 is 0 Å². The highest BCUT2D eigenvalue weighted by Crippen LogP contribution is 2.27. The smallest absolute Gasteiger partial charge is 0.126 e. The number of nitrogens with two attached hydrogens (primary N) is 1. The largest absolute Gasteiger partial charge is 0.384 e. The Bertz CT molecular complexity index is 414. The fourth-order valence-corrected chi connectivity index (χ4v) is 2.93. The zero-order valence-electron chi connectivity index (χ0n) is 11.8. The Morgan fingerprint density at radius 2 is 1.85 bits per heavy atom. The van der Waals surface area contributed by atoms with Crippen molar-refractivity contribution < 1.29 is 13.5 Å². The van der Waals surface area contributed by atoms with Crippen LogP contribution >= 0.6 is 0 Å². The molecule has 0 radical (unpaired) electrons. The van der Waals surface area contributed by atoms with E-state index in [-0.39, 0.29) is 6.04 Å². The van der Waals surface area contributed by atoms with Crippen LogP contribution in [0.25, 0.3) is 0 Å². The molecule has 20 heavy (non-hydrogen) atoms. The van der Waals surface area contributed by atoms with Crippen molar-refractivity contribution in [1.82, 2.24) is 4.90 Å². The quantitative estimate of drug-likeness (QED) is 0.902. The van der Waals surface area contributed by atoms with E-state index >= 15 is 0 Å². The maximum atomic E-state index is 13.3. The van der Waals surface area contributed by atoms with Gasteiger partial charge in [-0.25, -0.2) is 8.78 Å². The van der Waals surface area contributed by atoms with Gasteiger partial charge in [-0.15, -0.1) is 0 Å². The van der Waals surface area contributed by atoms with Gasteiger partial charge in [-0.05, 0) is 49.5 Å². The first-order chi connectivity index (χ1) is 9.63. The van der Waals surface area contributed by atoms with Crippen molar-refractivity contribution in [2.45, 2.75) is 18.9 Å². The van der Waals surface area contributed by atoms with Gasteiger partial charge in [0.2, 0.25) is 0 Å². The molecule has 1 aromatic rings. The Morgan fingerprint density at radius 3 is 2.35 bits per heavy atom. The summed E-state index contributed by atoms with van der Waals surface area (Å²) in [6.07, 6.45) is 2.06. The maximum Gasteiger partial charge on any atom is 0.126 e. The summed E-state index contributed by atoms with van der Waals surface area (Å²) < 4.78 is 31.9. The van der Waals surface area contributed by atoms with Crippen LogP contribution in [0.2, 0.25) is 0 Å². The van der Waals surface area contributed by atoms with E-state index in [9.17, 15) is 8.78 Å². The van der Waals surface area contributed by atoms with Gasteiger partial charge in [0.25, 0.3) is 0 Å². The van der Waals surface area contributed by atoms with E-state index in [1.165, 1.54) is 12.1 Å². The highest BCUT2D eigenvalue weighted by molar-refractivity contribution is 5.22. The number of hydrogen-bond acceptors (Lipinski definition) is 3. The molecule has 2 rings (SSSR count). The minimum atomic E-state index is -0.548. The van der Waals surface area contributed by atoms with E-state index in [0.717, 1.165) is 38.6 Å². The molecule has 2 N–H and O–H groups in total. The highest BCUT2D eigenvalue weighted by Gasteiger charge is 2.25. The highest BCUT2D eigenvalue weighted by atomic mass is 19.1. The SMILES string of the molecule is COCC1CCN(C(CN)c2cc(F)cc(F)c2)CC1. The monoisotopic (exact) mass is 284 g/mol. The summed E-state index contributed by atoms with van der Waals surface area (Å²) in [6.45, 7) is 2.90. The van der Waals surface area contributed by atoms with Gasteiger partial charge in [-0.2, -0.15) is 0 Å². The molecule has 1 fully saturated rings. The lowest BCUT2D eigenvalue weighted by Crippen LogP contribution is -2.40. The third-order valence-electron chi connectivity index (χ3n) is 3.99. The van der Waals surface area contributed by atoms with Gasteiger partial charge in [-0.3, -0.25) is 4.90 Å². The minimum absolute atomic E-state index is 0.122. The van der Waals surface area contributed by atoms with E-state index in [1.54, 1.807) is 7.11 Å². The van der Waals surface area contributed by atoms with E-state index in [0.29, 0.717) is 18.0 Å². The summed E-state index contributed by atoms with van der Waals surface area (Å²) in [7, 11) is 1.71. The molecule has 1 heterocycles. The number of rotatable bonds is 5. The van der Waals surface area contributed by atoms with Crippen molar-refractivity contribution >= 4 is 0 Å². The van der Waals surface area contributed by atoms with Crippen LogP contribution in [0.3, 0.4) is 0 Å². The standard InChI is InChI=1S/C15H22F2N2O/c1-20-10-11-2-4-19(5-3-11)15(9-18)12-6-13(16)8-14(17)7-12/h6-8,11,15H,2-5,9-10,18H2,1H3. The summed E-state index contributed by atoms with van der Waals surface area (Å²) in [4.78, 5) is 2.21. The lowest BCUT2D eigenvalue weighted by atomic mass is 9.94. The molecule has 0 amide bonds. The van der Waals surface area contributed by atoms with Crippen LogP contribution in [-0.4, -0.2) is 38.3 Å². The molecule has 0 bridgehead atoms. The Morgan fingerprint density at radius 1 is 1.25 bits per heavy atom. The van der Waals surface area contributed by atoms with Crippen LogP contribution in [0.15, 0.2) is 18.2 Å². The number of methoxy groups -OCH3 is 1. The van der Waals surface area contributed by atoms with Gasteiger partial charge in [0, 0.05) is 32.4 Å². The lowest BCUT2D eigenvalue weighted by Gasteiger charge is -2.37. The second-order valence-corrected chi connectivity index (χ2v) is 5.39. The molecule has 0 saturated carbocycles. The summed E-state index contributed by atoms with van der Waals surface area (Å²) in [6, 6.07) is 3.52. The molecule has 0 spiro atoms. The zero-order valence-corrected chi connectivity index (χ0v) is 11.8. The molecule has 3 nitrogen and oxygen atoms in total. The molecular formula is C15H22F2N2O. The number of piperidine rings is 1. The molecule has 0 aromatic heterocycles. The topological polar surface area (TPSA) is 38.5 Å². The predicted molar refractivity (Wildman–Crippen MR) is 74.3 cm³/mol. The van der Waals surface area contributed by atoms with Gasteiger partial charge in [0.1, 0.15) is 11.6 Å². The molecule has 5 heteroatoms. The van der Waals surface area contributed by atoms with Crippen LogP contribution < -0.4 is 5.73 Å². The van der Waals surface area contributed by atoms with Gasteiger partial charge in [0.15, 0.2) is 0 Å². The number of halogens is 2. The van der Waals surface area contributed by atoms with E-state index < -0.39 is 11.6 Å². The van der Waals surface area contributed by atoms with Gasteiger partial charge in [0.05, 0.1) is 0 Å². The molecule has 0 aliphatic carbocycles. The third-order valence-corrected chi connectivity index (χ3v) is 3.99. The molecule has 112 valence electrons. The Labute approximate surface area is 118 Å². The molecule has 1 aliphatic rings. The first-order valence-electron chi connectivity index (χ1n) is 7.03. The molecule has 1 unspecified atom stereocenters. The second kappa shape index (κ2) is 7.11. The number of hydrogen-bond donors (Lipinski definition) is 1. The number of benzene rings is 1. The van der Waals surface area contributed by atoms with Crippen molar-refractivity contribution in [3.63, 3.8) is 0 Å². The van der Waals surface area contributed by atoms with Crippen LogP contribution in [0.4, 0.5) is 8.78 Å². The lowest BCUT2D eigenvalue weighted by molar-refractivity contribution is 0.0809. The summed E-state index contributed by atoms with van der Waals surface area (Å²) in [5.74, 6) is -0.528. The van der Waals surface area contributed by atoms with Crippen LogP contribution in [0.5, 0.6) is 0 Å². The fourth-order valence-electron chi connectivity index (χ4n) is 2.93. The Balaban J connectivity index is 2.05. The number of likely N-dealkylation sites (tertiary alicyclic amines) is 1. The van der Waals surface area contributed by atoms with E-state index in [2.05, 4.69) is 4.90 Å². The first-order valence-corrected chi connectivity index (χ1v) is 7.03. The molecular weight excluding hydrogens is 262 g/mol. The predicted octanol–water partition coefficient (Wildman–Crippen LogP) is 2.32. The Hall–Kier alpha value is -1.04. The van der Waals surface area contributed by atoms with E-state index in [1.807, 2.05) is 0 Å². The average molecular weight is 284 g/mol. The first kappa shape index (κ1) is 15.4. The maximum absolute atomic E-state index is 13.3. The normalized spacial score (nSPS) is 19.2. The van der Waals surface area contributed by atoms with Crippen molar-refractivity contribution in [2.75, 3.05) is 33.4 Å². The minimum Gasteiger partial charge on any atom is -0.384 e. The third kappa shape index (κ3) is 3.75. The summed E-state index contributed by atoms with van der Waals surface area (Å²) in [5, 5.41) is 0. The second-order valence-electron chi connectivity index (χ2n) is 5.39. The molecule has 1 aromatic carbocycles. The van der Waals surface area contributed by atoms with Crippen molar-refractivity contribution in [3.05, 3.63) is 35.4 Å². The van der Waals surface area contributed by atoms with Crippen molar-refractivity contribution in [1.29, 1.82) is 0 Å². The fraction of sp³-hybridized carbons (Fsp3) is 0.600. The van der Waals surface area contributed by atoms with Gasteiger partial charge in [-0.1, -0.05) is 0 Å². The number of ether oxygens (including phenoxy) is 1. The molecule has 1 atom stereocenters. The summed E-state index contributed by atoms with van der Waals surface area (Å²) >= 11 is 0. The van der Waals surface area contributed by atoms with Crippen LogP contribution in [0.1, 0.15) is 24.4 Å². The van der Waals surface area contributed by atoms with Crippen LogP contribution in [-0.2, 0) is 4.74 Å². The Kier molecular flexibility index (Phi) is 5.46. The van der Waals surface area contributed by atoms with Crippen LogP contribution in [0, 0.1) is 17.6 Å². The number of nitrogens with zero attached hydrogens (tertiary/aromatic N) is 1. The van der Waals surface area contributed by atoms with Crippen molar-refractivity contribution in [3.8, 4) is 0 Å². The zero-order chi connectivity index (χ0) is 14.5. The van der Waals surface area contributed by atoms with E-state index in [4.69, 9.17) is 10.5 Å². The summed E-state index contributed by atoms with van der Waals surface area (Å²) in [5.41, 5.74) is 6.44. The van der Waals surface area contributed by atoms with Crippen molar-refractivity contribution in [2.24, 2.45) is 11.7 Å². The molecule has 1 saturated heterocycles. The molecule has 1 aliphatic heterocycles.